The van der Waals surface area contributed by atoms with Crippen LogP contribution in [0.3, 0.4) is 0 Å². The first-order valence-corrected chi connectivity index (χ1v) is 10.6. The van der Waals surface area contributed by atoms with E-state index in [0.29, 0.717) is 11.8 Å². The molecule has 3 nitrogen and oxygen atoms in total. The van der Waals surface area contributed by atoms with Gasteiger partial charge in [-0.05, 0) is 38.4 Å². The van der Waals surface area contributed by atoms with Crippen molar-refractivity contribution in [3.63, 3.8) is 0 Å². The Balaban J connectivity index is 2.17. The topological polar surface area (TPSA) is 35.5 Å². The molecule has 0 spiro atoms. The third-order valence-electron chi connectivity index (χ3n) is 4.19. The molecule has 1 saturated heterocycles. The van der Waals surface area contributed by atoms with Crippen LogP contribution in [0.1, 0.15) is 33.1 Å². The van der Waals surface area contributed by atoms with Crippen LogP contribution in [0.15, 0.2) is 0 Å². The van der Waals surface area contributed by atoms with Gasteiger partial charge in [-0.2, -0.15) is 0 Å². The Hall–Kier alpha value is -0.353. The quantitative estimate of drug-likeness (QED) is 0.571. The molecule has 1 aliphatic heterocycles. The summed E-state index contributed by atoms with van der Waals surface area (Å²) < 4.78 is 11.9. The summed E-state index contributed by atoms with van der Waals surface area (Å²) in [5.74, 6) is 1.06. The summed E-state index contributed by atoms with van der Waals surface area (Å²) >= 11 is 0. The predicted octanol–water partition coefficient (Wildman–Crippen LogP) is 3.20. The molecule has 1 aliphatic carbocycles. The molecule has 1 heterocycles. The van der Waals surface area contributed by atoms with Gasteiger partial charge in [-0.15, -0.1) is 0 Å². The second-order valence-corrected chi connectivity index (χ2v) is 11.5. The molecular weight excluding hydrogens is 244 g/mol. The highest BCUT2D eigenvalue weighted by Gasteiger charge is 2.48. The lowest BCUT2D eigenvalue weighted by molar-refractivity contribution is -0.147. The average molecular weight is 270 g/mol. The molecule has 2 aliphatic rings. The highest BCUT2D eigenvalue weighted by atomic mass is 28.4. The van der Waals surface area contributed by atoms with Crippen LogP contribution < -0.4 is 0 Å². The maximum absolute atomic E-state index is 11.8. The van der Waals surface area contributed by atoms with E-state index in [1.54, 1.807) is 0 Å². The summed E-state index contributed by atoms with van der Waals surface area (Å²) in [7, 11) is -1.59. The van der Waals surface area contributed by atoms with Crippen LogP contribution in [-0.4, -0.2) is 26.5 Å². The van der Waals surface area contributed by atoms with E-state index in [0.717, 1.165) is 12.8 Å². The minimum atomic E-state index is -1.59. The summed E-state index contributed by atoms with van der Waals surface area (Å²) in [6.45, 7) is 10.9. The number of fused-ring (bicyclic) bond motifs is 1. The number of hydrogen-bond donors (Lipinski definition) is 0. The number of hydrogen-bond acceptors (Lipinski definition) is 3. The molecule has 1 saturated carbocycles. The lowest BCUT2D eigenvalue weighted by Gasteiger charge is -2.31. The van der Waals surface area contributed by atoms with Crippen LogP contribution in [0.2, 0.25) is 19.6 Å². The molecule has 18 heavy (non-hydrogen) atoms. The summed E-state index contributed by atoms with van der Waals surface area (Å²) in [4.78, 5) is 11.8. The number of carbonyl (C=O) groups is 1. The van der Waals surface area contributed by atoms with Crippen LogP contribution in [0.25, 0.3) is 0 Å². The van der Waals surface area contributed by atoms with Gasteiger partial charge in [-0.3, -0.25) is 4.79 Å². The van der Waals surface area contributed by atoms with Crippen LogP contribution in [0, 0.1) is 17.8 Å². The lowest BCUT2D eigenvalue weighted by Crippen LogP contribution is -2.41. The van der Waals surface area contributed by atoms with Crippen molar-refractivity contribution in [1.29, 1.82) is 0 Å². The fourth-order valence-electron chi connectivity index (χ4n) is 3.25. The number of carbonyl (C=O) groups excluding carboxylic acids is 1. The molecule has 2 rings (SSSR count). The third-order valence-corrected chi connectivity index (χ3v) is 5.20. The summed E-state index contributed by atoms with van der Waals surface area (Å²) in [6.07, 6.45) is 3.45. The molecule has 5 atom stereocenters. The molecule has 4 heteroatoms. The highest BCUT2D eigenvalue weighted by Crippen LogP contribution is 2.41. The van der Waals surface area contributed by atoms with Gasteiger partial charge in [0.25, 0.3) is 0 Å². The molecule has 0 aromatic heterocycles. The zero-order valence-corrected chi connectivity index (χ0v) is 13.2. The van der Waals surface area contributed by atoms with E-state index in [-0.39, 0.29) is 24.1 Å². The van der Waals surface area contributed by atoms with E-state index in [2.05, 4.69) is 26.6 Å². The van der Waals surface area contributed by atoms with Gasteiger partial charge in [0.1, 0.15) is 6.10 Å². The average Bonchev–Trinajstić information content (AvgIpc) is 2.41. The predicted molar refractivity (Wildman–Crippen MR) is 73.8 cm³/mol. The van der Waals surface area contributed by atoms with Crippen LogP contribution in [0.4, 0.5) is 0 Å². The highest BCUT2D eigenvalue weighted by molar-refractivity contribution is 6.69. The van der Waals surface area contributed by atoms with Gasteiger partial charge in [0, 0.05) is 5.92 Å². The molecule has 0 radical (unpaired) electrons. The number of esters is 1. The Kier molecular flexibility index (Phi) is 3.88. The SMILES string of the molecule is C[C@@H]1CC[C@@H]2[C@@H](OC(=O)[C@H]2C)[C@@H](O[Si](C)(C)C)C1. The maximum Gasteiger partial charge on any atom is 0.309 e. The van der Waals surface area contributed by atoms with Crippen molar-refractivity contribution in [2.75, 3.05) is 0 Å². The zero-order chi connectivity index (χ0) is 13.5. The van der Waals surface area contributed by atoms with Crippen molar-refractivity contribution < 1.29 is 14.0 Å². The van der Waals surface area contributed by atoms with Crippen molar-refractivity contribution in [2.45, 2.75) is 65.0 Å². The van der Waals surface area contributed by atoms with E-state index in [1.165, 1.54) is 6.42 Å². The fraction of sp³-hybridized carbons (Fsp3) is 0.929. The van der Waals surface area contributed by atoms with Crippen LogP contribution >= 0.6 is 0 Å². The van der Waals surface area contributed by atoms with Gasteiger partial charge in [-0.1, -0.05) is 20.3 Å². The number of ether oxygens (including phenoxy) is 1. The van der Waals surface area contributed by atoms with E-state index in [1.807, 2.05) is 6.92 Å². The summed E-state index contributed by atoms with van der Waals surface area (Å²) in [5.41, 5.74) is 0. The molecule has 0 aromatic carbocycles. The first-order chi connectivity index (χ1) is 8.28. The van der Waals surface area contributed by atoms with Crippen LogP contribution in [-0.2, 0) is 14.0 Å². The first kappa shape index (κ1) is 14.1. The largest absolute Gasteiger partial charge is 0.459 e. The third kappa shape index (κ3) is 2.97. The van der Waals surface area contributed by atoms with Crippen LogP contribution in [0.5, 0.6) is 0 Å². The van der Waals surface area contributed by atoms with Crippen molar-refractivity contribution in [1.82, 2.24) is 0 Å². The molecule has 0 bridgehead atoms. The van der Waals surface area contributed by atoms with E-state index >= 15 is 0 Å². The van der Waals surface area contributed by atoms with Gasteiger partial charge < -0.3 is 9.16 Å². The van der Waals surface area contributed by atoms with Gasteiger partial charge in [0.05, 0.1) is 12.0 Å². The Bertz CT molecular complexity index is 323. The molecule has 2 fully saturated rings. The van der Waals surface area contributed by atoms with Gasteiger partial charge >= 0.3 is 5.97 Å². The molecule has 0 amide bonds. The van der Waals surface area contributed by atoms with Crippen molar-refractivity contribution >= 4 is 14.3 Å². The fourth-order valence-corrected chi connectivity index (χ4v) is 4.39. The molecular formula is C14H26O3Si. The first-order valence-electron chi connectivity index (χ1n) is 7.16. The Morgan fingerprint density at radius 2 is 1.89 bits per heavy atom. The molecule has 0 aromatic rings. The second-order valence-electron chi connectivity index (χ2n) is 7.04. The molecule has 0 unspecified atom stereocenters. The number of rotatable bonds is 2. The Labute approximate surface area is 111 Å². The summed E-state index contributed by atoms with van der Waals surface area (Å²) in [5, 5.41) is 0. The van der Waals surface area contributed by atoms with Gasteiger partial charge in [-0.25, -0.2) is 0 Å². The van der Waals surface area contributed by atoms with Gasteiger partial charge in [0.2, 0.25) is 0 Å². The standard InChI is InChI=1S/C14H26O3Si/c1-9-6-7-11-10(2)14(15)16-13(11)12(8-9)17-18(3,4)5/h9-13H,6-8H2,1-5H3/t9-,10+,11+,12+,13-/m1/s1. The van der Waals surface area contributed by atoms with E-state index in [4.69, 9.17) is 9.16 Å². The Morgan fingerprint density at radius 1 is 1.22 bits per heavy atom. The van der Waals surface area contributed by atoms with Gasteiger partial charge in [0.15, 0.2) is 8.32 Å². The molecule has 104 valence electrons. The maximum atomic E-state index is 11.8. The lowest BCUT2D eigenvalue weighted by atomic mass is 9.87. The van der Waals surface area contributed by atoms with Crippen molar-refractivity contribution in [2.24, 2.45) is 17.8 Å². The Morgan fingerprint density at radius 3 is 2.50 bits per heavy atom. The van der Waals surface area contributed by atoms with Crippen molar-refractivity contribution in [3.8, 4) is 0 Å². The van der Waals surface area contributed by atoms with E-state index in [9.17, 15) is 4.79 Å². The molecule has 0 N–H and O–H groups in total. The smallest absolute Gasteiger partial charge is 0.309 e. The summed E-state index contributed by atoms with van der Waals surface area (Å²) in [6, 6.07) is 0. The van der Waals surface area contributed by atoms with Crippen molar-refractivity contribution in [3.05, 3.63) is 0 Å². The second kappa shape index (κ2) is 4.97. The minimum Gasteiger partial charge on any atom is -0.459 e. The van der Waals surface area contributed by atoms with E-state index < -0.39 is 8.32 Å². The normalized spacial score (nSPS) is 41.2. The zero-order valence-electron chi connectivity index (χ0n) is 12.2. The monoisotopic (exact) mass is 270 g/mol. The minimum absolute atomic E-state index is 0.00387.